The molecule has 0 aliphatic heterocycles. The lowest BCUT2D eigenvalue weighted by molar-refractivity contribution is 0.108. The van der Waals surface area contributed by atoms with Crippen LogP contribution in [-0.4, -0.2) is 16.3 Å². The maximum Gasteiger partial charge on any atom is 0.127 e. The van der Waals surface area contributed by atoms with Crippen molar-refractivity contribution in [1.29, 1.82) is 0 Å². The van der Waals surface area contributed by atoms with Gasteiger partial charge in [-0.05, 0) is 45.1 Å². The molecule has 0 bridgehead atoms. The molecule has 2 nitrogen and oxygen atoms in total. The minimum Gasteiger partial charge on any atom is -0.488 e. The second-order valence-electron chi connectivity index (χ2n) is 7.46. The van der Waals surface area contributed by atoms with Gasteiger partial charge in [-0.1, -0.05) is 39.0 Å². The Kier molecular flexibility index (Phi) is 3.90. The lowest BCUT2D eigenvalue weighted by Gasteiger charge is -2.29. The van der Waals surface area contributed by atoms with Gasteiger partial charge < -0.3 is 9.84 Å². The number of benzene rings is 1. The van der Waals surface area contributed by atoms with Gasteiger partial charge in [0.05, 0.1) is 5.60 Å². The van der Waals surface area contributed by atoms with Gasteiger partial charge in [0, 0.05) is 11.5 Å². The smallest absolute Gasteiger partial charge is 0.127 e. The molecule has 1 saturated carbocycles. The first-order chi connectivity index (χ1) is 9.14. The first kappa shape index (κ1) is 15.4. The second-order valence-corrected chi connectivity index (χ2v) is 7.46. The molecule has 0 aromatic heterocycles. The van der Waals surface area contributed by atoms with E-state index >= 15 is 0 Å². The number of aliphatic hydroxyl groups is 1. The zero-order chi connectivity index (χ0) is 15.1. The summed E-state index contributed by atoms with van der Waals surface area (Å²) in [6.45, 7) is 12.7. The Morgan fingerprint density at radius 2 is 1.65 bits per heavy atom. The number of rotatable bonds is 4. The Morgan fingerprint density at radius 1 is 1.10 bits per heavy atom. The maximum absolute atomic E-state index is 10.4. The molecule has 0 radical (unpaired) electrons. The van der Waals surface area contributed by atoms with Crippen molar-refractivity contribution in [2.45, 2.75) is 77.4 Å². The molecule has 1 aliphatic rings. The molecule has 1 N–H and O–H groups in total. The molecule has 1 aliphatic carbocycles. The molecule has 1 fully saturated rings. The average Bonchev–Trinajstić information content (AvgIpc) is 3.05. The van der Waals surface area contributed by atoms with Gasteiger partial charge >= 0.3 is 0 Å². The van der Waals surface area contributed by atoms with Crippen molar-refractivity contribution < 1.29 is 9.84 Å². The molecule has 2 rings (SSSR count). The van der Waals surface area contributed by atoms with Crippen LogP contribution in [0.5, 0.6) is 5.75 Å². The van der Waals surface area contributed by atoms with E-state index in [2.05, 4.69) is 59.7 Å². The summed E-state index contributed by atoms with van der Waals surface area (Å²) in [4.78, 5) is 0. The lowest BCUT2D eigenvalue weighted by Crippen LogP contribution is -2.26. The Hall–Kier alpha value is -1.02. The largest absolute Gasteiger partial charge is 0.488 e. The quantitative estimate of drug-likeness (QED) is 0.869. The standard InChI is InChI=1S/C18H28O2/c1-12(2)14-8-7-9-15(13(3)18(19)10-11-18)16(14)20-17(4,5)6/h7-9,12-13,19H,10-11H2,1-6H3. The minimum atomic E-state index is -0.522. The number of ether oxygens (including phenoxy) is 1. The highest BCUT2D eigenvalue weighted by Gasteiger charge is 2.47. The third-order valence-electron chi connectivity index (χ3n) is 4.14. The van der Waals surface area contributed by atoms with E-state index in [1.165, 1.54) is 5.56 Å². The van der Waals surface area contributed by atoms with Crippen molar-refractivity contribution >= 4 is 0 Å². The normalized spacial score (nSPS) is 19.0. The molecule has 1 unspecified atom stereocenters. The predicted molar refractivity (Wildman–Crippen MR) is 83.5 cm³/mol. The van der Waals surface area contributed by atoms with E-state index < -0.39 is 5.60 Å². The van der Waals surface area contributed by atoms with Crippen LogP contribution in [0.15, 0.2) is 18.2 Å². The highest BCUT2D eigenvalue weighted by Crippen LogP contribution is 2.50. The fraction of sp³-hybridized carbons (Fsp3) is 0.667. The number of hydrogen-bond acceptors (Lipinski definition) is 2. The van der Waals surface area contributed by atoms with Gasteiger partial charge in [-0.2, -0.15) is 0 Å². The zero-order valence-electron chi connectivity index (χ0n) is 13.7. The lowest BCUT2D eigenvalue weighted by atomic mass is 9.88. The van der Waals surface area contributed by atoms with Gasteiger partial charge in [-0.15, -0.1) is 0 Å². The SMILES string of the molecule is CC(C)c1cccc(C(C)C2(O)CC2)c1OC(C)(C)C. The van der Waals surface area contributed by atoms with Crippen LogP contribution in [0.4, 0.5) is 0 Å². The molecule has 1 atom stereocenters. The van der Waals surface area contributed by atoms with E-state index in [9.17, 15) is 5.11 Å². The first-order valence-electron chi connectivity index (χ1n) is 7.68. The van der Waals surface area contributed by atoms with E-state index in [-0.39, 0.29) is 11.5 Å². The van der Waals surface area contributed by atoms with E-state index in [0.29, 0.717) is 5.92 Å². The Bertz CT molecular complexity index is 479. The van der Waals surface area contributed by atoms with Crippen LogP contribution in [0.3, 0.4) is 0 Å². The maximum atomic E-state index is 10.4. The third-order valence-corrected chi connectivity index (χ3v) is 4.14. The average molecular weight is 276 g/mol. The van der Waals surface area contributed by atoms with Gasteiger partial charge in [0.15, 0.2) is 0 Å². The molecule has 0 amide bonds. The van der Waals surface area contributed by atoms with Gasteiger partial charge in [-0.3, -0.25) is 0 Å². The molecule has 0 heterocycles. The van der Waals surface area contributed by atoms with Gasteiger partial charge in [0.1, 0.15) is 11.4 Å². The third kappa shape index (κ3) is 3.17. The van der Waals surface area contributed by atoms with Crippen LogP contribution in [0.1, 0.15) is 77.3 Å². The minimum absolute atomic E-state index is 0.124. The molecule has 20 heavy (non-hydrogen) atoms. The monoisotopic (exact) mass is 276 g/mol. The highest BCUT2D eigenvalue weighted by atomic mass is 16.5. The van der Waals surface area contributed by atoms with Gasteiger partial charge in [0.2, 0.25) is 0 Å². The van der Waals surface area contributed by atoms with E-state index in [1.54, 1.807) is 0 Å². The topological polar surface area (TPSA) is 29.5 Å². The molecule has 0 saturated heterocycles. The Labute approximate surface area is 123 Å². The fourth-order valence-electron chi connectivity index (χ4n) is 2.64. The summed E-state index contributed by atoms with van der Waals surface area (Å²) >= 11 is 0. The Morgan fingerprint density at radius 3 is 2.10 bits per heavy atom. The van der Waals surface area contributed by atoms with Crippen LogP contribution in [0, 0.1) is 0 Å². The summed E-state index contributed by atoms with van der Waals surface area (Å²) in [5.74, 6) is 1.51. The molecule has 1 aromatic carbocycles. The van der Waals surface area contributed by atoms with Gasteiger partial charge in [-0.25, -0.2) is 0 Å². The van der Waals surface area contributed by atoms with Crippen LogP contribution in [0.25, 0.3) is 0 Å². The van der Waals surface area contributed by atoms with E-state index in [0.717, 1.165) is 24.2 Å². The van der Waals surface area contributed by atoms with Crippen molar-refractivity contribution in [3.8, 4) is 5.75 Å². The van der Waals surface area contributed by atoms with Gasteiger partial charge in [0.25, 0.3) is 0 Å². The van der Waals surface area contributed by atoms with Crippen LogP contribution < -0.4 is 4.74 Å². The molecular weight excluding hydrogens is 248 g/mol. The van der Waals surface area contributed by atoms with Crippen LogP contribution in [-0.2, 0) is 0 Å². The van der Waals surface area contributed by atoms with Crippen molar-refractivity contribution in [2.24, 2.45) is 0 Å². The van der Waals surface area contributed by atoms with Crippen LogP contribution in [0.2, 0.25) is 0 Å². The first-order valence-corrected chi connectivity index (χ1v) is 7.68. The van der Waals surface area contributed by atoms with Crippen molar-refractivity contribution in [2.75, 3.05) is 0 Å². The second kappa shape index (κ2) is 5.07. The van der Waals surface area contributed by atoms with Crippen molar-refractivity contribution in [3.05, 3.63) is 29.3 Å². The van der Waals surface area contributed by atoms with Crippen LogP contribution >= 0.6 is 0 Å². The van der Waals surface area contributed by atoms with Crippen molar-refractivity contribution in [1.82, 2.24) is 0 Å². The summed E-state index contributed by atoms with van der Waals surface area (Å²) in [6, 6.07) is 6.33. The summed E-state index contributed by atoms with van der Waals surface area (Å²) in [7, 11) is 0. The molecule has 1 aromatic rings. The number of hydrogen-bond donors (Lipinski definition) is 1. The highest BCUT2D eigenvalue weighted by molar-refractivity contribution is 5.47. The van der Waals surface area contributed by atoms with E-state index in [1.807, 2.05) is 0 Å². The summed E-state index contributed by atoms with van der Waals surface area (Å²) in [6.07, 6.45) is 1.80. The van der Waals surface area contributed by atoms with E-state index in [4.69, 9.17) is 4.74 Å². The molecule has 0 spiro atoms. The van der Waals surface area contributed by atoms with Crippen molar-refractivity contribution in [3.63, 3.8) is 0 Å². The predicted octanol–water partition coefficient (Wildman–Crippen LogP) is 4.62. The molecule has 2 heteroatoms. The summed E-state index contributed by atoms with van der Waals surface area (Å²) < 4.78 is 6.26. The molecular formula is C18H28O2. The summed E-state index contributed by atoms with van der Waals surface area (Å²) in [5.41, 5.74) is 1.62. The Balaban J connectivity index is 2.47. The summed E-state index contributed by atoms with van der Waals surface area (Å²) in [5, 5.41) is 10.4. The molecule has 112 valence electrons. The zero-order valence-corrected chi connectivity index (χ0v) is 13.7. The fourth-order valence-corrected chi connectivity index (χ4v) is 2.64. The number of para-hydroxylation sites is 1.